The molecule has 3 heteroatoms. The zero-order chi connectivity index (χ0) is 11.7. The van der Waals surface area contributed by atoms with Crippen molar-refractivity contribution in [1.82, 2.24) is 4.90 Å². The van der Waals surface area contributed by atoms with E-state index in [0.717, 1.165) is 12.0 Å². The Balaban J connectivity index is 2.32. The number of carbonyl (C=O) groups excluding carboxylic acids is 2. The van der Waals surface area contributed by atoms with Crippen LogP contribution in [0.4, 0.5) is 0 Å². The number of benzene rings is 1. The Morgan fingerprint density at radius 3 is 2.62 bits per heavy atom. The van der Waals surface area contributed by atoms with Gasteiger partial charge in [0.2, 0.25) is 5.91 Å². The molecule has 0 spiro atoms. The Bertz CT molecular complexity index is 439. The fourth-order valence-corrected chi connectivity index (χ4v) is 2.08. The number of likely N-dealkylation sites (tertiary alicyclic amines) is 1. The first-order valence-corrected chi connectivity index (χ1v) is 5.53. The fraction of sp³-hybridized carbons (Fsp3) is 0.385. The van der Waals surface area contributed by atoms with Crippen LogP contribution in [0.25, 0.3) is 0 Å². The summed E-state index contributed by atoms with van der Waals surface area (Å²) in [6.45, 7) is 3.81. The maximum Gasteiger partial charge on any atom is 0.260 e. The van der Waals surface area contributed by atoms with Crippen LogP contribution in [0.2, 0.25) is 0 Å². The third-order valence-corrected chi connectivity index (χ3v) is 3.08. The van der Waals surface area contributed by atoms with E-state index in [9.17, 15) is 9.59 Å². The summed E-state index contributed by atoms with van der Waals surface area (Å²) in [6.07, 6.45) is 1.26. The fourth-order valence-electron chi connectivity index (χ4n) is 2.08. The Morgan fingerprint density at radius 2 is 2.06 bits per heavy atom. The SMILES string of the molecule is Cc1ccccc1C(=O)N1C(=O)CCC1C. The molecule has 0 N–H and O–H groups in total. The lowest BCUT2D eigenvalue weighted by Crippen LogP contribution is -2.37. The second kappa shape index (κ2) is 4.08. The van der Waals surface area contributed by atoms with E-state index in [1.807, 2.05) is 32.0 Å². The van der Waals surface area contributed by atoms with Crippen molar-refractivity contribution in [3.05, 3.63) is 35.4 Å². The molecule has 3 nitrogen and oxygen atoms in total. The molecule has 0 aliphatic carbocycles. The van der Waals surface area contributed by atoms with Gasteiger partial charge < -0.3 is 0 Å². The summed E-state index contributed by atoms with van der Waals surface area (Å²) >= 11 is 0. The number of nitrogens with zero attached hydrogens (tertiary/aromatic N) is 1. The highest BCUT2D eigenvalue weighted by Gasteiger charge is 2.33. The van der Waals surface area contributed by atoms with Crippen molar-refractivity contribution >= 4 is 11.8 Å². The van der Waals surface area contributed by atoms with Crippen LogP contribution in [0, 0.1) is 6.92 Å². The molecule has 0 bridgehead atoms. The number of hydrogen-bond acceptors (Lipinski definition) is 2. The van der Waals surface area contributed by atoms with E-state index in [4.69, 9.17) is 0 Å². The number of imide groups is 1. The Labute approximate surface area is 95.1 Å². The number of carbonyl (C=O) groups is 2. The zero-order valence-corrected chi connectivity index (χ0v) is 9.56. The topological polar surface area (TPSA) is 37.4 Å². The van der Waals surface area contributed by atoms with Crippen LogP contribution in [-0.2, 0) is 4.79 Å². The summed E-state index contributed by atoms with van der Waals surface area (Å²) in [5.74, 6) is -0.214. The van der Waals surface area contributed by atoms with E-state index in [2.05, 4.69) is 0 Å². The van der Waals surface area contributed by atoms with Crippen molar-refractivity contribution in [1.29, 1.82) is 0 Å². The Kier molecular flexibility index (Phi) is 2.77. The third-order valence-electron chi connectivity index (χ3n) is 3.08. The van der Waals surface area contributed by atoms with Gasteiger partial charge in [-0.3, -0.25) is 14.5 Å². The second-order valence-corrected chi connectivity index (χ2v) is 4.27. The molecule has 1 aromatic rings. The standard InChI is InChI=1S/C13H15NO2/c1-9-5-3-4-6-11(9)13(16)14-10(2)7-8-12(14)15/h3-6,10H,7-8H2,1-2H3. The molecule has 84 valence electrons. The van der Waals surface area contributed by atoms with E-state index in [0.29, 0.717) is 12.0 Å². The number of rotatable bonds is 1. The highest BCUT2D eigenvalue weighted by molar-refractivity contribution is 6.06. The molecule has 1 atom stereocenters. The Morgan fingerprint density at radius 1 is 1.38 bits per heavy atom. The molecule has 1 aliphatic rings. The first kappa shape index (κ1) is 10.9. The van der Waals surface area contributed by atoms with Crippen LogP contribution in [0.5, 0.6) is 0 Å². The van der Waals surface area contributed by atoms with Gasteiger partial charge in [-0.1, -0.05) is 18.2 Å². The molecular formula is C13H15NO2. The van der Waals surface area contributed by atoms with Gasteiger partial charge in [-0.25, -0.2) is 0 Å². The normalized spacial score (nSPS) is 20.2. The van der Waals surface area contributed by atoms with Gasteiger partial charge in [0.15, 0.2) is 0 Å². The van der Waals surface area contributed by atoms with E-state index < -0.39 is 0 Å². The van der Waals surface area contributed by atoms with E-state index in [-0.39, 0.29) is 17.9 Å². The minimum Gasteiger partial charge on any atom is -0.276 e. The zero-order valence-electron chi connectivity index (χ0n) is 9.56. The molecule has 0 aromatic heterocycles. The van der Waals surface area contributed by atoms with Crippen LogP contribution in [0.1, 0.15) is 35.7 Å². The van der Waals surface area contributed by atoms with Crippen LogP contribution in [-0.4, -0.2) is 22.8 Å². The monoisotopic (exact) mass is 217 g/mol. The summed E-state index contributed by atoms with van der Waals surface area (Å²) in [5, 5.41) is 0. The average molecular weight is 217 g/mol. The van der Waals surface area contributed by atoms with Gasteiger partial charge in [0.1, 0.15) is 0 Å². The van der Waals surface area contributed by atoms with Gasteiger partial charge in [0.25, 0.3) is 5.91 Å². The highest BCUT2D eigenvalue weighted by atomic mass is 16.2. The molecule has 1 aliphatic heterocycles. The summed E-state index contributed by atoms with van der Waals surface area (Å²) < 4.78 is 0. The lowest BCUT2D eigenvalue weighted by Gasteiger charge is -2.20. The molecule has 1 heterocycles. The van der Waals surface area contributed by atoms with Gasteiger partial charge in [-0.05, 0) is 31.9 Å². The second-order valence-electron chi connectivity index (χ2n) is 4.27. The van der Waals surface area contributed by atoms with Crippen molar-refractivity contribution in [3.8, 4) is 0 Å². The maximum absolute atomic E-state index is 12.2. The largest absolute Gasteiger partial charge is 0.276 e. The minimum atomic E-state index is -0.159. The predicted molar refractivity (Wildman–Crippen MR) is 61.1 cm³/mol. The van der Waals surface area contributed by atoms with E-state index in [1.54, 1.807) is 6.07 Å². The average Bonchev–Trinajstić information content (AvgIpc) is 2.58. The van der Waals surface area contributed by atoms with E-state index >= 15 is 0 Å². The minimum absolute atomic E-state index is 0.0274. The summed E-state index contributed by atoms with van der Waals surface area (Å²) in [5.41, 5.74) is 1.55. The molecule has 2 amide bonds. The first-order valence-electron chi connectivity index (χ1n) is 5.53. The van der Waals surface area contributed by atoms with Crippen molar-refractivity contribution in [2.75, 3.05) is 0 Å². The number of amides is 2. The van der Waals surface area contributed by atoms with Crippen LogP contribution in [0.15, 0.2) is 24.3 Å². The van der Waals surface area contributed by atoms with Crippen molar-refractivity contribution in [2.45, 2.75) is 32.7 Å². The van der Waals surface area contributed by atoms with Crippen LogP contribution < -0.4 is 0 Å². The van der Waals surface area contributed by atoms with E-state index in [1.165, 1.54) is 4.90 Å². The van der Waals surface area contributed by atoms with Crippen molar-refractivity contribution in [3.63, 3.8) is 0 Å². The molecule has 16 heavy (non-hydrogen) atoms. The summed E-state index contributed by atoms with van der Waals surface area (Å²) in [6, 6.07) is 7.40. The summed E-state index contributed by atoms with van der Waals surface area (Å²) in [7, 11) is 0. The molecule has 1 saturated heterocycles. The number of hydrogen-bond donors (Lipinski definition) is 0. The van der Waals surface area contributed by atoms with Crippen molar-refractivity contribution < 1.29 is 9.59 Å². The Hall–Kier alpha value is -1.64. The molecule has 2 rings (SSSR count). The smallest absolute Gasteiger partial charge is 0.260 e. The third kappa shape index (κ3) is 1.73. The van der Waals surface area contributed by atoms with Crippen LogP contribution in [0.3, 0.4) is 0 Å². The molecule has 0 radical (unpaired) electrons. The van der Waals surface area contributed by atoms with Gasteiger partial charge in [-0.15, -0.1) is 0 Å². The summed E-state index contributed by atoms with van der Waals surface area (Å²) in [4.78, 5) is 25.2. The highest BCUT2D eigenvalue weighted by Crippen LogP contribution is 2.22. The molecule has 1 unspecified atom stereocenters. The maximum atomic E-state index is 12.2. The predicted octanol–water partition coefficient (Wildman–Crippen LogP) is 2.15. The number of aryl methyl sites for hydroxylation is 1. The van der Waals surface area contributed by atoms with Gasteiger partial charge >= 0.3 is 0 Å². The van der Waals surface area contributed by atoms with Crippen LogP contribution >= 0.6 is 0 Å². The molecule has 1 fully saturated rings. The van der Waals surface area contributed by atoms with Gasteiger partial charge in [0, 0.05) is 18.0 Å². The van der Waals surface area contributed by atoms with Gasteiger partial charge in [0.05, 0.1) is 0 Å². The van der Waals surface area contributed by atoms with Gasteiger partial charge in [-0.2, -0.15) is 0 Å². The molecular weight excluding hydrogens is 202 g/mol. The first-order chi connectivity index (χ1) is 7.61. The lowest BCUT2D eigenvalue weighted by atomic mass is 10.1. The molecule has 0 saturated carbocycles. The van der Waals surface area contributed by atoms with Crippen molar-refractivity contribution in [2.24, 2.45) is 0 Å². The quantitative estimate of drug-likeness (QED) is 0.676. The molecule has 1 aromatic carbocycles. The lowest BCUT2D eigenvalue weighted by molar-refractivity contribution is -0.126.